The average Bonchev–Trinajstić information content (AvgIpc) is 1.85. The molecule has 9 heavy (non-hydrogen) atoms. The van der Waals surface area contributed by atoms with Gasteiger partial charge in [-0.1, -0.05) is 5.92 Å². The molecule has 0 aliphatic rings. The maximum atomic E-state index is 10.6. The lowest BCUT2D eigenvalue weighted by atomic mass is 10.2. The molecule has 0 aromatic carbocycles. The first-order valence-corrected chi connectivity index (χ1v) is 3.36. The SMILES string of the molecule is C#CCC(=O)CCCCl. The first-order valence-electron chi connectivity index (χ1n) is 2.82. The van der Waals surface area contributed by atoms with E-state index in [9.17, 15) is 4.79 Å². The zero-order valence-corrected chi connectivity index (χ0v) is 5.95. The van der Waals surface area contributed by atoms with Gasteiger partial charge in [0, 0.05) is 12.3 Å². The number of hydrogen-bond donors (Lipinski definition) is 0. The van der Waals surface area contributed by atoms with Crippen LogP contribution in [0.4, 0.5) is 0 Å². The van der Waals surface area contributed by atoms with Crippen LogP contribution in [-0.2, 0) is 4.79 Å². The van der Waals surface area contributed by atoms with E-state index >= 15 is 0 Å². The summed E-state index contributed by atoms with van der Waals surface area (Å²) in [5.41, 5.74) is 0. The van der Waals surface area contributed by atoms with E-state index in [1.807, 2.05) is 0 Å². The zero-order chi connectivity index (χ0) is 7.11. The Hall–Kier alpha value is -0.480. The number of hydrogen-bond acceptors (Lipinski definition) is 1. The Kier molecular flexibility index (Phi) is 5.35. The molecule has 0 bridgehead atoms. The molecule has 0 atom stereocenters. The van der Waals surface area contributed by atoms with Gasteiger partial charge in [0.1, 0.15) is 5.78 Å². The molecule has 1 nitrogen and oxygen atoms in total. The van der Waals surface area contributed by atoms with E-state index < -0.39 is 0 Å². The monoisotopic (exact) mass is 144 g/mol. The molecule has 2 heteroatoms. The molecule has 0 radical (unpaired) electrons. The van der Waals surface area contributed by atoms with Crippen LogP contribution in [0.5, 0.6) is 0 Å². The van der Waals surface area contributed by atoms with Crippen LogP contribution in [0, 0.1) is 12.3 Å². The largest absolute Gasteiger partial charge is 0.299 e. The van der Waals surface area contributed by atoms with Gasteiger partial charge in [0.15, 0.2) is 0 Å². The summed E-state index contributed by atoms with van der Waals surface area (Å²) in [4.78, 5) is 10.6. The molecule has 0 unspecified atom stereocenters. The van der Waals surface area contributed by atoms with Crippen molar-refractivity contribution in [1.29, 1.82) is 0 Å². The second kappa shape index (κ2) is 5.65. The van der Waals surface area contributed by atoms with Crippen molar-refractivity contribution < 1.29 is 4.79 Å². The predicted octanol–water partition coefficient (Wildman–Crippen LogP) is 1.60. The fraction of sp³-hybridized carbons (Fsp3) is 0.571. The van der Waals surface area contributed by atoms with E-state index in [1.54, 1.807) is 0 Å². The van der Waals surface area contributed by atoms with Crippen LogP contribution in [-0.4, -0.2) is 11.7 Å². The van der Waals surface area contributed by atoms with Gasteiger partial charge in [0.05, 0.1) is 6.42 Å². The minimum atomic E-state index is 0.109. The fourth-order valence-corrected chi connectivity index (χ4v) is 0.600. The van der Waals surface area contributed by atoms with Crippen molar-refractivity contribution in [3.63, 3.8) is 0 Å². The first kappa shape index (κ1) is 8.52. The van der Waals surface area contributed by atoms with Crippen molar-refractivity contribution >= 4 is 17.4 Å². The summed E-state index contributed by atoms with van der Waals surface area (Å²) in [5, 5.41) is 0. The number of carbonyl (C=O) groups excluding carboxylic acids is 1. The van der Waals surface area contributed by atoms with Gasteiger partial charge in [0.2, 0.25) is 0 Å². The van der Waals surface area contributed by atoms with Gasteiger partial charge in [-0.25, -0.2) is 0 Å². The molecule has 0 aliphatic heterocycles. The summed E-state index contributed by atoms with van der Waals surface area (Å²) < 4.78 is 0. The zero-order valence-electron chi connectivity index (χ0n) is 5.19. The highest BCUT2D eigenvalue weighted by atomic mass is 35.5. The Labute approximate surface area is 60.4 Å². The summed E-state index contributed by atoms with van der Waals surface area (Å²) >= 11 is 5.34. The summed E-state index contributed by atoms with van der Waals surface area (Å²) in [6, 6.07) is 0. The molecule has 0 saturated carbocycles. The number of carbonyl (C=O) groups is 1. The van der Waals surface area contributed by atoms with Gasteiger partial charge in [0.25, 0.3) is 0 Å². The van der Waals surface area contributed by atoms with Gasteiger partial charge in [-0.05, 0) is 6.42 Å². The van der Waals surface area contributed by atoms with Gasteiger partial charge < -0.3 is 0 Å². The lowest BCUT2D eigenvalue weighted by molar-refractivity contribution is -0.118. The highest BCUT2D eigenvalue weighted by Gasteiger charge is 1.96. The fourth-order valence-electron chi connectivity index (χ4n) is 0.466. The van der Waals surface area contributed by atoms with Crippen molar-refractivity contribution in [2.45, 2.75) is 19.3 Å². The number of Topliss-reactive ketones (excluding diaryl/α,β-unsaturated/α-hetero) is 1. The molecular formula is C7H9ClO. The second-order valence-electron chi connectivity index (χ2n) is 1.71. The minimum absolute atomic E-state index is 0.109. The number of halogens is 1. The highest BCUT2D eigenvalue weighted by Crippen LogP contribution is 1.95. The smallest absolute Gasteiger partial charge is 0.144 e. The normalized spacial score (nSPS) is 8.44. The molecule has 0 aliphatic carbocycles. The number of ketones is 1. The van der Waals surface area contributed by atoms with E-state index in [1.165, 1.54) is 0 Å². The standard InChI is InChI=1S/C7H9ClO/c1-2-4-7(9)5-3-6-8/h1H,3-6H2. The molecule has 0 rings (SSSR count). The quantitative estimate of drug-likeness (QED) is 0.433. The molecule has 50 valence electrons. The van der Waals surface area contributed by atoms with Crippen molar-refractivity contribution in [2.75, 3.05) is 5.88 Å². The first-order chi connectivity index (χ1) is 4.31. The van der Waals surface area contributed by atoms with Crippen LogP contribution < -0.4 is 0 Å². The van der Waals surface area contributed by atoms with E-state index in [0.29, 0.717) is 12.3 Å². The van der Waals surface area contributed by atoms with Crippen LogP contribution in [0.3, 0.4) is 0 Å². The van der Waals surface area contributed by atoms with Gasteiger partial charge in [-0.15, -0.1) is 18.0 Å². The molecule has 0 spiro atoms. The number of alkyl halides is 1. The van der Waals surface area contributed by atoms with Gasteiger partial charge >= 0.3 is 0 Å². The second-order valence-corrected chi connectivity index (χ2v) is 2.09. The third kappa shape index (κ3) is 5.39. The molecule has 0 saturated heterocycles. The number of rotatable bonds is 4. The third-order valence-corrected chi connectivity index (χ3v) is 1.16. The Morgan fingerprint density at radius 2 is 2.33 bits per heavy atom. The van der Waals surface area contributed by atoms with E-state index in [0.717, 1.165) is 6.42 Å². The molecule has 0 heterocycles. The number of terminal acetylenes is 1. The summed E-state index contributed by atoms with van der Waals surface area (Å²) in [7, 11) is 0. The Morgan fingerprint density at radius 1 is 1.67 bits per heavy atom. The van der Waals surface area contributed by atoms with E-state index in [-0.39, 0.29) is 12.2 Å². The van der Waals surface area contributed by atoms with Crippen LogP contribution in [0.25, 0.3) is 0 Å². The van der Waals surface area contributed by atoms with Gasteiger partial charge in [-0.3, -0.25) is 4.79 Å². The van der Waals surface area contributed by atoms with Crippen molar-refractivity contribution in [3.05, 3.63) is 0 Å². The Bertz CT molecular complexity index is 123. The molecule has 0 fully saturated rings. The molecule has 0 amide bonds. The van der Waals surface area contributed by atoms with Crippen molar-refractivity contribution in [1.82, 2.24) is 0 Å². The summed E-state index contributed by atoms with van der Waals surface area (Å²) in [6.07, 6.45) is 6.40. The molecule has 0 aromatic heterocycles. The lowest BCUT2D eigenvalue weighted by Gasteiger charge is -1.90. The van der Waals surface area contributed by atoms with E-state index in [4.69, 9.17) is 18.0 Å². The maximum Gasteiger partial charge on any atom is 0.144 e. The maximum absolute atomic E-state index is 10.6. The average molecular weight is 145 g/mol. The summed E-state index contributed by atoms with van der Waals surface area (Å²) in [5.74, 6) is 2.93. The van der Waals surface area contributed by atoms with Crippen LogP contribution in [0.2, 0.25) is 0 Å². The van der Waals surface area contributed by atoms with Crippen LogP contribution in [0.15, 0.2) is 0 Å². The Balaban J connectivity index is 3.19. The molecule has 0 aromatic rings. The molecular weight excluding hydrogens is 136 g/mol. The Morgan fingerprint density at radius 3 is 2.78 bits per heavy atom. The van der Waals surface area contributed by atoms with E-state index in [2.05, 4.69) is 5.92 Å². The van der Waals surface area contributed by atoms with Gasteiger partial charge in [-0.2, -0.15) is 0 Å². The minimum Gasteiger partial charge on any atom is -0.299 e. The topological polar surface area (TPSA) is 17.1 Å². The summed E-state index contributed by atoms with van der Waals surface area (Å²) in [6.45, 7) is 0. The third-order valence-electron chi connectivity index (χ3n) is 0.888. The highest BCUT2D eigenvalue weighted by molar-refractivity contribution is 6.17. The molecule has 0 N–H and O–H groups in total. The van der Waals surface area contributed by atoms with Crippen molar-refractivity contribution in [2.24, 2.45) is 0 Å². The van der Waals surface area contributed by atoms with Crippen LogP contribution in [0.1, 0.15) is 19.3 Å². The predicted molar refractivity (Wildman–Crippen MR) is 38.4 cm³/mol. The van der Waals surface area contributed by atoms with Crippen molar-refractivity contribution in [3.8, 4) is 12.3 Å². The van der Waals surface area contributed by atoms with Crippen LogP contribution >= 0.6 is 11.6 Å². The lowest BCUT2D eigenvalue weighted by Crippen LogP contribution is -1.95.